The molecule has 222 valence electrons. The molecule has 1 N–H and O–H groups in total. The molecule has 0 unspecified atom stereocenters. The number of aromatic hydroxyl groups is 1. The van der Waals surface area contributed by atoms with Crippen LogP contribution in [-0.2, 0) is 9.47 Å². The number of halogens is 1. The normalized spacial score (nSPS) is 13.1. The smallest absolute Gasteiger partial charge is 0.357 e. The topological polar surface area (TPSA) is 47.9 Å². The Balaban J connectivity index is 2.66. The quantitative estimate of drug-likeness (QED) is 0.0504. The van der Waals surface area contributed by atoms with E-state index in [0.29, 0.717) is 5.75 Å². The first kappa shape index (κ1) is 35.9. The van der Waals surface area contributed by atoms with E-state index in [2.05, 4.69) is 36.3 Å². The molecule has 0 aliphatic heterocycles. The molecule has 0 bridgehead atoms. The molecule has 0 spiro atoms. The first-order valence-electron chi connectivity index (χ1n) is 15.5. The minimum absolute atomic E-state index is 0.00173. The van der Waals surface area contributed by atoms with Crippen molar-refractivity contribution >= 4 is 35.6 Å². The van der Waals surface area contributed by atoms with E-state index in [1.807, 2.05) is 26.0 Å². The predicted molar refractivity (Wildman–Crippen MR) is 174 cm³/mol. The molecular weight excluding hydrogens is 575 g/mol. The van der Waals surface area contributed by atoms with E-state index in [4.69, 9.17) is 14.2 Å². The van der Waals surface area contributed by atoms with Crippen molar-refractivity contribution in [2.45, 2.75) is 124 Å². The SMILES string of the molecule is CCCCP(Br)(CCCC)(CCCC)c1cc(O)ccc1OCCCCCCCC[Si]C(OCC)OCC. The number of hydrogen-bond donors (Lipinski definition) is 1. The first-order chi connectivity index (χ1) is 18.4. The van der Waals surface area contributed by atoms with Gasteiger partial charge in [-0.2, -0.15) is 0 Å². The average Bonchev–Trinajstić information content (AvgIpc) is 2.92. The van der Waals surface area contributed by atoms with Crippen LogP contribution in [0.25, 0.3) is 0 Å². The minimum atomic E-state index is -2.42. The van der Waals surface area contributed by atoms with Crippen LogP contribution in [0.5, 0.6) is 11.5 Å². The Morgan fingerprint density at radius 3 is 1.82 bits per heavy atom. The summed E-state index contributed by atoms with van der Waals surface area (Å²) in [6.07, 6.45) is 18.2. The average molecular weight is 634 g/mol. The zero-order chi connectivity index (χ0) is 28.1. The van der Waals surface area contributed by atoms with E-state index < -0.39 is 5.31 Å². The van der Waals surface area contributed by atoms with Crippen molar-refractivity contribution in [3.8, 4) is 11.5 Å². The van der Waals surface area contributed by atoms with Gasteiger partial charge in [-0.15, -0.1) is 0 Å². The maximum atomic E-state index is 10.5. The van der Waals surface area contributed by atoms with Crippen LogP contribution < -0.4 is 10.0 Å². The Hall–Kier alpha value is -0.133. The summed E-state index contributed by atoms with van der Waals surface area (Å²) in [6, 6.07) is 7.06. The Labute approximate surface area is 245 Å². The third-order valence-corrected chi connectivity index (χ3v) is 18.6. The van der Waals surface area contributed by atoms with Gasteiger partial charge in [0.2, 0.25) is 0 Å². The van der Waals surface area contributed by atoms with E-state index in [9.17, 15) is 5.11 Å². The van der Waals surface area contributed by atoms with Crippen molar-refractivity contribution in [1.29, 1.82) is 0 Å². The Bertz CT molecular complexity index is 705. The van der Waals surface area contributed by atoms with E-state index in [0.717, 1.165) is 41.5 Å². The van der Waals surface area contributed by atoms with Crippen molar-refractivity contribution in [2.24, 2.45) is 0 Å². The molecule has 0 aromatic heterocycles. The summed E-state index contributed by atoms with van der Waals surface area (Å²) in [6.45, 7) is 13.1. The van der Waals surface area contributed by atoms with Crippen LogP contribution in [-0.4, -0.2) is 58.8 Å². The minimum Gasteiger partial charge on any atom is -0.357 e. The second-order valence-corrected chi connectivity index (χ2v) is 22.6. The van der Waals surface area contributed by atoms with Crippen molar-refractivity contribution in [2.75, 3.05) is 38.3 Å². The van der Waals surface area contributed by atoms with Crippen LogP contribution in [0, 0.1) is 0 Å². The van der Waals surface area contributed by atoms with Gasteiger partial charge in [0.15, 0.2) is 0 Å². The summed E-state index contributed by atoms with van der Waals surface area (Å²) < 4.78 is 17.8. The molecular formula is C31H58BrO4PSi. The Morgan fingerprint density at radius 1 is 0.763 bits per heavy atom. The number of phenolic OH excluding ortho intramolecular Hbond substituents is 1. The molecule has 4 nitrogen and oxygen atoms in total. The summed E-state index contributed by atoms with van der Waals surface area (Å²) in [4.78, 5) is 0. The molecule has 38 heavy (non-hydrogen) atoms. The molecule has 0 fully saturated rings. The van der Waals surface area contributed by atoms with Crippen LogP contribution in [0.3, 0.4) is 0 Å². The van der Waals surface area contributed by atoms with E-state index in [-0.39, 0.29) is 5.91 Å². The molecule has 1 rings (SSSR count). The molecule has 1 aromatic carbocycles. The number of rotatable bonds is 25. The van der Waals surface area contributed by atoms with E-state index in [1.165, 1.54) is 100 Å². The number of unbranched alkanes of at least 4 members (excludes halogenated alkanes) is 8. The van der Waals surface area contributed by atoms with Gasteiger partial charge < -0.3 is 9.47 Å². The standard InChI is InChI=1S/C31H58BrO4PSi/c1-6-11-23-37(32,24-12-7-2,25-13-8-3)30-27-28(33)20-21-29(30)36-22-18-16-14-15-17-19-26-38-31(34-9-4)35-10-5/h20-21,27,31,33H,6-19,22-26H2,1-5H3. The molecule has 1 aromatic rings. The van der Waals surface area contributed by atoms with Crippen LogP contribution in [0.1, 0.15) is 112 Å². The number of benzene rings is 1. The maximum absolute atomic E-state index is 10.5. The fourth-order valence-electron chi connectivity index (χ4n) is 5.13. The number of phenols is 1. The van der Waals surface area contributed by atoms with Gasteiger partial charge in [-0.1, -0.05) is 0 Å². The molecule has 7 heteroatoms. The third-order valence-electron chi connectivity index (χ3n) is 7.39. The molecule has 0 saturated heterocycles. The second kappa shape index (κ2) is 20.7. The van der Waals surface area contributed by atoms with Crippen molar-refractivity contribution in [3.63, 3.8) is 0 Å². The monoisotopic (exact) mass is 632 g/mol. The van der Waals surface area contributed by atoms with Gasteiger partial charge in [-0.25, -0.2) is 0 Å². The second-order valence-electron chi connectivity index (χ2n) is 10.6. The first-order valence-corrected chi connectivity index (χ1v) is 21.6. The van der Waals surface area contributed by atoms with Gasteiger partial charge in [0, 0.05) is 13.2 Å². The fourth-order valence-corrected chi connectivity index (χ4v) is 15.1. The van der Waals surface area contributed by atoms with Gasteiger partial charge in [0.1, 0.15) is 5.91 Å². The van der Waals surface area contributed by atoms with Gasteiger partial charge in [0.25, 0.3) is 0 Å². The van der Waals surface area contributed by atoms with Crippen molar-refractivity contribution < 1.29 is 19.3 Å². The molecule has 0 saturated carbocycles. The van der Waals surface area contributed by atoms with Crippen LogP contribution >= 0.6 is 20.8 Å². The zero-order valence-corrected chi connectivity index (χ0v) is 28.7. The molecule has 0 amide bonds. The van der Waals surface area contributed by atoms with Gasteiger partial charge in [0.05, 0.1) is 0 Å². The van der Waals surface area contributed by atoms with Gasteiger partial charge in [-0.3, -0.25) is 0 Å². The molecule has 0 aliphatic rings. The van der Waals surface area contributed by atoms with Crippen LogP contribution in [0.15, 0.2) is 18.2 Å². The van der Waals surface area contributed by atoms with Gasteiger partial charge >= 0.3 is 204 Å². The van der Waals surface area contributed by atoms with Gasteiger partial charge in [-0.05, 0) is 13.8 Å². The molecule has 0 heterocycles. The van der Waals surface area contributed by atoms with E-state index >= 15 is 0 Å². The van der Waals surface area contributed by atoms with Crippen LogP contribution in [0.2, 0.25) is 6.04 Å². The molecule has 2 radical (unpaired) electrons. The number of hydrogen-bond acceptors (Lipinski definition) is 4. The summed E-state index contributed by atoms with van der Waals surface area (Å²) in [5.74, 6) is 1.36. The molecule has 0 aliphatic carbocycles. The fraction of sp³-hybridized carbons (Fsp3) is 0.806. The van der Waals surface area contributed by atoms with Crippen molar-refractivity contribution in [3.05, 3.63) is 18.2 Å². The summed E-state index contributed by atoms with van der Waals surface area (Å²) in [5.41, 5.74) is 0. The van der Waals surface area contributed by atoms with Crippen LogP contribution in [0.4, 0.5) is 0 Å². The summed E-state index contributed by atoms with van der Waals surface area (Å²) >= 11 is 4.50. The zero-order valence-electron chi connectivity index (χ0n) is 25.2. The summed E-state index contributed by atoms with van der Waals surface area (Å²) in [7, 11) is 0.739. The van der Waals surface area contributed by atoms with Crippen molar-refractivity contribution in [1.82, 2.24) is 0 Å². The number of ether oxygens (including phenoxy) is 3. The summed E-state index contributed by atoms with van der Waals surface area (Å²) in [5, 5.41) is 9.40. The Kier molecular flexibility index (Phi) is 19.6. The predicted octanol–water partition coefficient (Wildman–Crippen LogP) is 9.48. The van der Waals surface area contributed by atoms with E-state index in [1.54, 1.807) is 6.07 Å². The molecule has 0 atom stereocenters. The Morgan fingerprint density at radius 2 is 1.29 bits per heavy atom. The third kappa shape index (κ3) is 13.0.